The molecule has 0 unspecified atom stereocenters. The molecule has 5 heteroatoms. The standard InChI is InChI=1S/C11H12F3NO/c1-6(2)8-4-3-7(5-9(8)15)10(16)11(12,13)14/h3-6H,15H2,1-2H3. The summed E-state index contributed by atoms with van der Waals surface area (Å²) in [6.45, 7) is 3.74. The minimum Gasteiger partial charge on any atom is -0.398 e. The van der Waals surface area contributed by atoms with Gasteiger partial charge < -0.3 is 5.73 Å². The first-order chi connectivity index (χ1) is 7.23. The smallest absolute Gasteiger partial charge is 0.398 e. The molecular weight excluding hydrogens is 219 g/mol. The van der Waals surface area contributed by atoms with Crippen LogP contribution in [0.1, 0.15) is 35.7 Å². The lowest BCUT2D eigenvalue weighted by Crippen LogP contribution is -2.22. The Hall–Kier alpha value is -1.52. The molecular formula is C11H12F3NO. The molecule has 0 atom stereocenters. The number of rotatable bonds is 2. The first-order valence-corrected chi connectivity index (χ1v) is 4.74. The number of alkyl halides is 3. The van der Waals surface area contributed by atoms with Crippen molar-refractivity contribution in [2.45, 2.75) is 25.9 Å². The van der Waals surface area contributed by atoms with E-state index in [-0.39, 0.29) is 11.6 Å². The first-order valence-electron chi connectivity index (χ1n) is 4.74. The number of hydrogen-bond donors (Lipinski definition) is 1. The fraction of sp³-hybridized carbons (Fsp3) is 0.364. The Kier molecular flexibility index (Phi) is 3.26. The molecule has 1 aromatic carbocycles. The Morgan fingerprint density at radius 3 is 2.25 bits per heavy atom. The van der Waals surface area contributed by atoms with E-state index in [1.807, 2.05) is 13.8 Å². The molecule has 2 nitrogen and oxygen atoms in total. The van der Waals surface area contributed by atoms with Gasteiger partial charge in [0.2, 0.25) is 0 Å². The van der Waals surface area contributed by atoms with Gasteiger partial charge in [-0.2, -0.15) is 13.2 Å². The summed E-state index contributed by atoms with van der Waals surface area (Å²) in [6, 6.07) is 3.69. The van der Waals surface area contributed by atoms with Crippen LogP contribution in [0.25, 0.3) is 0 Å². The van der Waals surface area contributed by atoms with Gasteiger partial charge in [0.05, 0.1) is 0 Å². The number of anilines is 1. The summed E-state index contributed by atoms with van der Waals surface area (Å²) >= 11 is 0. The highest BCUT2D eigenvalue weighted by Crippen LogP contribution is 2.26. The Labute approximate surface area is 91.3 Å². The average molecular weight is 231 g/mol. The number of nitrogens with two attached hydrogens (primary N) is 1. The second-order valence-corrected chi connectivity index (χ2v) is 3.83. The number of carbonyl (C=O) groups excluding carboxylic acids is 1. The normalized spacial score (nSPS) is 11.9. The average Bonchev–Trinajstić information content (AvgIpc) is 2.14. The second-order valence-electron chi connectivity index (χ2n) is 3.83. The fourth-order valence-electron chi connectivity index (χ4n) is 1.41. The summed E-state index contributed by atoms with van der Waals surface area (Å²) in [5.41, 5.74) is 6.11. The fourth-order valence-corrected chi connectivity index (χ4v) is 1.41. The van der Waals surface area contributed by atoms with E-state index in [1.54, 1.807) is 0 Å². The Morgan fingerprint density at radius 1 is 1.31 bits per heavy atom. The minimum absolute atomic E-state index is 0.107. The lowest BCUT2D eigenvalue weighted by atomic mass is 9.98. The van der Waals surface area contributed by atoms with E-state index in [0.717, 1.165) is 17.7 Å². The summed E-state index contributed by atoms with van der Waals surface area (Å²) in [6.07, 6.45) is -4.86. The zero-order valence-corrected chi connectivity index (χ0v) is 8.93. The number of Topliss-reactive ketones (excluding diaryl/α,β-unsaturated/α-hetero) is 1. The third kappa shape index (κ3) is 2.53. The summed E-state index contributed by atoms with van der Waals surface area (Å²) < 4.78 is 36.4. The molecule has 0 aliphatic rings. The minimum atomic E-state index is -4.86. The van der Waals surface area contributed by atoms with Crippen molar-refractivity contribution >= 4 is 11.5 Å². The third-order valence-electron chi connectivity index (χ3n) is 2.23. The number of halogens is 3. The van der Waals surface area contributed by atoms with Gasteiger partial charge in [-0.1, -0.05) is 26.0 Å². The van der Waals surface area contributed by atoms with Gasteiger partial charge in [-0.05, 0) is 17.5 Å². The molecule has 0 heterocycles. The molecule has 16 heavy (non-hydrogen) atoms. The zero-order chi connectivity index (χ0) is 12.5. The molecule has 0 aromatic heterocycles. The van der Waals surface area contributed by atoms with Gasteiger partial charge in [0, 0.05) is 11.3 Å². The van der Waals surface area contributed by atoms with E-state index in [2.05, 4.69) is 0 Å². The molecule has 0 amide bonds. The maximum atomic E-state index is 12.1. The van der Waals surface area contributed by atoms with Gasteiger partial charge in [0.25, 0.3) is 5.78 Å². The van der Waals surface area contributed by atoms with Crippen LogP contribution in [0.2, 0.25) is 0 Å². The number of benzene rings is 1. The topological polar surface area (TPSA) is 43.1 Å². The van der Waals surface area contributed by atoms with Gasteiger partial charge >= 0.3 is 6.18 Å². The van der Waals surface area contributed by atoms with Crippen molar-refractivity contribution in [3.63, 3.8) is 0 Å². The summed E-state index contributed by atoms with van der Waals surface area (Å²) in [7, 11) is 0. The molecule has 1 rings (SSSR count). The van der Waals surface area contributed by atoms with Crippen molar-refractivity contribution in [2.24, 2.45) is 0 Å². The van der Waals surface area contributed by atoms with Crippen molar-refractivity contribution < 1.29 is 18.0 Å². The highest BCUT2D eigenvalue weighted by Gasteiger charge is 2.39. The van der Waals surface area contributed by atoms with Crippen molar-refractivity contribution in [1.29, 1.82) is 0 Å². The van der Waals surface area contributed by atoms with Crippen LogP contribution in [0.4, 0.5) is 18.9 Å². The maximum absolute atomic E-state index is 12.1. The van der Waals surface area contributed by atoms with Crippen LogP contribution >= 0.6 is 0 Å². The highest BCUT2D eigenvalue weighted by atomic mass is 19.4. The summed E-state index contributed by atoms with van der Waals surface area (Å²) in [5, 5.41) is 0. The quantitative estimate of drug-likeness (QED) is 0.627. The van der Waals surface area contributed by atoms with Crippen LogP contribution in [-0.4, -0.2) is 12.0 Å². The van der Waals surface area contributed by atoms with Crippen LogP contribution in [0.15, 0.2) is 18.2 Å². The molecule has 1 aromatic rings. The van der Waals surface area contributed by atoms with E-state index in [0.29, 0.717) is 0 Å². The van der Waals surface area contributed by atoms with Gasteiger partial charge in [0.15, 0.2) is 0 Å². The predicted octanol–water partition coefficient (Wildman–Crippen LogP) is 3.14. The zero-order valence-electron chi connectivity index (χ0n) is 8.93. The molecule has 0 saturated heterocycles. The molecule has 0 bridgehead atoms. The van der Waals surface area contributed by atoms with Crippen LogP contribution in [-0.2, 0) is 0 Å². The number of ketones is 1. The van der Waals surface area contributed by atoms with Gasteiger partial charge in [-0.15, -0.1) is 0 Å². The second kappa shape index (κ2) is 4.15. The first kappa shape index (κ1) is 12.5. The van der Waals surface area contributed by atoms with Gasteiger partial charge in [0.1, 0.15) is 0 Å². The molecule has 0 spiro atoms. The van der Waals surface area contributed by atoms with E-state index in [1.165, 1.54) is 6.07 Å². The maximum Gasteiger partial charge on any atom is 0.454 e. The highest BCUT2D eigenvalue weighted by molar-refractivity contribution is 6.01. The third-order valence-corrected chi connectivity index (χ3v) is 2.23. The van der Waals surface area contributed by atoms with Crippen LogP contribution in [0.3, 0.4) is 0 Å². The van der Waals surface area contributed by atoms with Crippen molar-refractivity contribution in [2.75, 3.05) is 5.73 Å². The van der Waals surface area contributed by atoms with E-state index < -0.39 is 17.5 Å². The van der Waals surface area contributed by atoms with Crippen LogP contribution in [0, 0.1) is 0 Å². The molecule has 88 valence electrons. The largest absolute Gasteiger partial charge is 0.454 e. The Balaban J connectivity index is 3.12. The predicted molar refractivity (Wildman–Crippen MR) is 55.3 cm³/mol. The van der Waals surface area contributed by atoms with E-state index >= 15 is 0 Å². The van der Waals surface area contributed by atoms with Crippen LogP contribution in [0.5, 0.6) is 0 Å². The van der Waals surface area contributed by atoms with Gasteiger partial charge in [-0.25, -0.2) is 0 Å². The summed E-state index contributed by atoms with van der Waals surface area (Å²) in [4.78, 5) is 10.9. The van der Waals surface area contributed by atoms with E-state index in [4.69, 9.17) is 5.73 Å². The molecule has 0 radical (unpaired) electrons. The lowest BCUT2D eigenvalue weighted by Gasteiger charge is -2.11. The van der Waals surface area contributed by atoms with Crippen molar-refractivity contribution in [3.8, 4) is 0 Å². The van der Waals surface area contributed by atoms with Crippen LogP contribution < -0.4 is 5.73 Å². The Morgan fingerprint density at radius 2 is 1.88 bits per heavy atom. The van der Waals surface area contributed by atoms with E-state index in [9.17, 15) is 18.0 Å². The summed E-state index contributed by atoms with van der Waals surface area (Å²) in [5.74, 6) is -1.76. The monoisotopic (exact) mass is 231 g/mol. The number of nitrogen functional groups attached to an aromatic ring is 1. The Bertz CT molecular complexity index is 410. The SMILES string of the molecule is CC(C)c1ccc(C(=O)C(F)(F)F)cc1N. The molecule has 2 N–H and O–H groups in total. The van der Waals surface area contributed by atoms with Crippen molar-refractivity contribution in [3.05, 3.63) is 29.3 Å². The molecule has 0 saturated carbocycles. The van der Waals surface area contributed by atoms with Crippen molar-refractivity contribution in [1.82, 2.24) is 0 Å². The number of hydrogen-bond acceptors (Lipinski definition) is 2. The lowest BCUT2D eigenvalue weighted by molar-refractivity contribution is -0.0885. The number of carbonyl (C=O) groups is 1. The molecule has 0 aliphatic heterocycles. The molecule has 0 fully saturated rings. The molecule has 0 aliphatic carbocycles. The van der Waals surface area contributed by atoms with Gasteiger partial charge in [-0.3, -0.25) is 4.79 Å².